The predicted molar refractivity (Wildman–Crippen MR) is 70.6 cm³/mol. The standard InChI is InChI=1S/C13H29N3/c1-11-10-16(9-8-15(11)5)7-6-12(14)13(2,3)4/h11-12H,6-10,14H2,1-5H3. The van der Waals surface area contributed by atoms with Crippen molar-refractivity contribution in [2.75, 3.05) is 33.2 Å². The Kier molecular flexibility index (Phi) is 4.77. The zero-order valence-corrected chi connectivity index (χ0v) is 11.7. The maximum atomic E-state index is 6.19. The number of likely N-dealkylation sites (N-methyl/N-ethyl adjacent to an activating group) is 1. The van der Waals surface area contributed by atoms with Crippen LogP contribution in [0.2, 0.25) is 0 Å². The molecule has 1 aliphatic heterocycles. The molecule has 0 amide bonds. The van der Waals surface area contributed by atoms with Crippen molar-refractivity contribution in [3.8, 4) is 0 Å². The number of hydrogen-bond donors (Lipinski definition) is 1. The fraction of sp³-hybridized carbons (Fsp3) is 1.00. The first-order valence-electron chi connectivity index (χ1n) is 6.49. The SMILES string of the molecule is CC1CN(CCC(N)C(C)(C)C)CCN1C. The average molecular weight is 227 g/mol. The van der Waals surface area contributed by atoms with Gasteiger partial charge in [-0.3, -0.25) is 0 Å². The minimum atomic E-state index is 0.234. The van der Waals surface area contributed by atoms with E-state index in [2.05, 4.69) is 44.5 Å². The highest BCUT2D eigenvalue weighted by Crippen LogP contribution is 2.20. The van der Waals surface area contributed by atoms with Crippen LogP contribution in [-0.2, 0) is 0 Å². The van der Waals surface area contributed by atoms with E-state index < -0.39 is 0 Å². The topological polar surface area (TPSA) is 32.5 Å². The van der Waals surface area contributed by atoms with Gasteiger partial charge in [0.25, 0.3) is 0 Å². The summed E-state index contributed by atoms with van der Waals surface area (Å²) in [6.07, 6.45) is 1.11. The van der Waals surface area contributed by atoms with E-state index in [9.17, 15) is 0 Å². The van der Waals surface area contributed by atoms with Gasteiger partial charge in [-0.05, 0) is 32.4 Å². The molecule has 1 aliphatic rings. The van der Waals surface area contributed by atoms with Gasteiger partial charge in [-0.1, -0.05) is 20.8 Å². The van der Waals surface area contributed by atoms with Gasteiger partial charge in [0.1, 0.15) is 0 Å². The summed E-state index contributed by atoms with van der Waals surface area (Å²) in [5.41, 5.74) is 6.43. The van der Waals surface area contributed by atoms with Gasteiger partial charge >= 0.3 is 0 Å². The normalized spacial score (nSPS) is 27.0. The fourth-order valence-corrected chi connectivity index (χ4v) is 2.08. The summed E-state index contributed by atoms with van der Waals surface area (Å²) in [6.45, 7) is 13.7. The molecule has 0 aliphatic carbocycles. The fourth-order valence-electron chi connectivity index (χ4n) is 2.08. The van der Waals surface area contributed by atoms with Crippen LogP contribution < -0.4 is 5.73 Å². The molecule has 0 aromatic carbocycles. The van der Waals surface area contributed by atoms with Crippen molar-refractivity contribution >= 4 is 0 Å². The molecule has 1 fully saturated rings. The third-order valence-electron chi connectivity index (χ3n) is 3.91. The Hall–Kier alpha value is -0.120. The Labute approximate surface area is 101 Å². The Morgan fingerprint density at radius 1 is 1.31 bits per heavy atom. The third-order valence-corrected chi connectivity index (χ3v) is 3.91. The second kappa shape index (κ2) is 5.48. The van der Waals surface area contributed by atoms with Crippen molar-refractivity contribution in [2.24, 2.45) is 11.1 Å². The van der Waals surface area contributed by atoms with Gasteiger partial charge in [-0.2, -0.15) is 0 Å². The second-order valence-corrected chi connectivity index (χ2v) is 6.39. The summed E-state index contributed by atoms with van der Waals surface area (Å²) in [5.74, 6) is 0. The molecular weight excluding hydrogens is 198 g/mol. The second-order valence-electron chi connectivity index (χ2n) is 6.39. The van der Waals surface area contributed by atoms with Crippen LogP contribution in [0.3, 0.4) is 0 Å². The lowest BCUT2D eigenvalue weighted by atomic mass is 9.85. The van der Waals surface area contributed by atoms with Crippen molar-refractivity contribution in [3.63, 3.8) is 0 Å². The van der Waals surface area contributed by atoms with Crippen LogP contribution in [0.5, 0.6) is 0 Å². The third kappa shape index (κ3) is 4.04. The maximum absolute atomic E-state index is 6.19. The predicted octanol–water partition coefficient (Wildman–Crippen LogP) is 1.39. The molecular formula is C13H29N3. The quantitative estimate of drug-likeness (QED) is 0.791. The van der Waals surface area contributed by atoms with E-state index in [1.165, 1.54) is 19.6 Å². The molecule has 0 spiro atoms. The summed E-state index contributed by atoms with van der Waals surface area (Å²) >= 11 is 0. The number of piperazine rings is 1. The lowest BCUT2D eigenvalue weighted by Gasteiger charge is -2.38. The van der Waals surface area contributed by atoms with Gasteiger partial charge in [-0.25, -0.2) is 0 Å². The Balaban J connectivity index is 2.29. The van der Waals surface area contributed by atoms with Crippen LogP contribution in [0.4, 0.5) is 0 Å². The molecule has 0 bridgehead atoms. The summed E-state index contributed by atoms with van der Waals surface area (Å²) in [5, 5.41) is 0. The number of hydrogen-bond acceptors (Lipinski definition) is 3. The molecule has 0 aromatic heterocycles. The molecule has 3 nitrogen and oxygen atoms in total. The number of nitrogens with zero attached hydrogens (tertiary/aromatic N) is 2. The summed E-state index contributed by atoms with van der Waals surface area (Å²) in [6, 6.07) is 0.988. The first-order valence-corrected chi connectivity index (χ1v) is 6.49. The molecule has 1 saturated heterocycles. The maximum Gasteiger partial charge on any atom is 0.0192 e. The highest BCUT2D eigenvalue weighted by molar-refractivity contribution is 4.81. The van der Waals surface area contributed by atoms with Gasteiger partial charge in [0.05, 0.1) is 0 Å². The van der Waals surface area contributed by atoms with E-state index in [-0.39, 0.29) is 5.41 Å². The molecule has 1 heterocycles. The molecule has 1 rings (SSSR count). The van der Waals surface area contributed by atoms with Crippen molar-refractivity contribution in [1.82, 2.24) is 9.80 Å². The number of nitrogens with two attached hydrogens (primary N) is 1. The number of rotatable bonds is 3. The smallest absolute Gasteiger partial charge is 0.0192 e. The van der Waals surface area contributed by atoms with Gasteiger partial charge in [0, 0.05) is 31.7 Å². The highest BCUT2D eigenvalue weighted by Gasteiger charge is 2.24. The zero-order chi connectivity index (χ0) is 12.3. The minimum Gasteiger partial charge on any atom is -0.327 e. The van der Waals surface area contributed by atoms with Crippen molar-refractivity contribution in [1.29, 1.82) is 0 Å². The monoisotopic (exact) mass is 227 g/mol. The Morgan fingerprint density at radius 3 is 2.44 bits per heavy atom. The van der Waals surface area contributed by atoms with Crippen LogP contribution in [-0.4, -0.2) is 55.1 Å². The summed E-state index contributed by atoms with van der Waals surface area (Å²) in [4.78, 5) is 4.98. The highest BCUT2D eigenvalue weighted by atomic mass is 15.3. The molecule has 2 unspecified atom stereocenters. The lowest BCUT2D eigenvalue weighted by Crippen LogP contribution is -2.51. The van der Waals surface area contributed by atoms with Gasteiger partial charge in [0.15, 0.2) is 0 Å². The molecule has 2 atom stereocenters. The molecule has 16 heavy (non-hydrogen) atoms. The molecule has 2 N–H and O–H groups in total. The van der Waals surface area contributed by atoms with Crippen molar-refractivity contribution in [2.45, 2.75) is 46.2 Å². The molecule has 0 radical (unpaired) electrons. The van der Waals surface area contributed by atoms with E-state index >= 15 is 0 Å². The van der Waals surface area contributed by atoms with Crippen LogP contribution in [0.1, 0.15) is 34.1 Å². The van der Waals surface area contributed by atoms with Crippen molar-refractivity contribution in [3.05, 3.63) is 0 Å². The summed E-state index contributed by atoms with van der Waals surface area (Å²) < 4.78 is 0. The van der Waals surface area contributed by atoms with E-state index in [4.69, 9.17) is 5.73 Å². The van der Waals surface area contributed by atoms with E-state index in [1.54, 1.807) is 0 Å². The van der Waals surface area contributed by atoms with Gasteiger partial charge in [-0.15, -0.1) is 0 Å². The summed E-state index contributed by atoms with van der Waals surface area (Å²) in [7, 11) is 2.21. The van der Waals surface area contributed by atoms with E-state index in [0.29, 0.717) is 12.1 Å². The zero-order valence-electron chi connectivity index (χ0n) is 11.7. The Bertz CT molecular complexity index is 210. The van der Waals surface area contributed by atoms with Gasteiger partial charge < -0.3 is 15.5 Å². The average Bonchev–Trinajstić information content (AvgIpc) is 2.18. The lowest BCUT2D eigenvalue weighted by molar-refractivity contribution is 0.0988. The molecule has 96 valence electrons. The van der Waals surface area contributed by atoms with E-state index in [0.717, 1.165) is 13.0 Å². The first-order chi connectivity index (χ1) is 7.30. The van der Waals surface area contributed by atoms with Gasteiger partial charge in [0.2, 0.25) is 0 Å². The first kappa shape index (κ1) is 13.9. The largest absolute Gasteiger partial charge is 0.327 e. The van der Waals surface area contributed by atoms with Crippen LogP contribution in [0.15, 0.2) is 0 Å². The van der Waals surface area contributed by atoms with Crippen LogP contribution in [0.25, 0.3) is 0 Å². The molecule has 0 saturated carbocycles. The van der Waals surface area contributed by atoms with Crippen LogP contribution >= 0.6 is 0 Å². The van der Waals surface area contributed by atoms with Crippen molar-refractivity contribution < 1.29 is 0 Å². The minimum absolute atomic E-state index is 0.234. The molecule has 0 aromatic rings. The van der Waals surface area contributed by atoms with Crippen LogP contribution in [0, 0.1) is 5.41 Å². The van der Waals surface area contributed by atoms with E-state index in [1.807, 2.05) is 0 Å². The molecule has 3 heteroatoms. The Morgan fingerprint density at radius 2 is 1.94 bits per heavy atom.